The first-order valence-corrected chi connectivity index (χ1v) is 6.05. The van der Waals surface area contributed by atoms with Gasteiger partial charge in [-0.3, -0.25) is 0 Å². The van der Waals surface area contributed by atoms with Gasteiger partial charge in [0.15, 0.2) is 5.15 Å². The summed E-state index contributed by atoms with van der Waals surface area (Å²) in [7, 11) is 0. The van der Waals surface area contributed by atoms with Gasteiger partial charge in [-0.15, -0.1) is 0 Å². The number of pyridine rings is 1. The number of anilines is 1. The molecule has 2 rings (SSSR count). The van der Waals surface area contributed by atoms with E-state index in [1.807, 2.05) is 26.0 Å². The van der Waals surface area contributed by atoms with Crippen molar-refractivity contribution in [3.05, 3.63) is 58.1 Å². The average molecular weight is 265 g/mol. The summed E-state index contributed by atoms with van der Waals surface area (Å²) in [6.07, 6.45) is 1.70. The van der Waals surface area contributed by atoms with Crippen molar-refractivity contribution in [3.63, 3.8) is 0 Å². The molecule has 0 aliphatic rings. The molecular weight excluding hydrogens is 251 g/mol. The van der Waals surface area contributed by atoms with Crippen LogP contribution in [0, 0.1) is 19.7 Å². The summed E-state index contributed by atoms with van der Waals surface area (Å²) >= 11 is 5.97. The number of nitrogens with zero attached hydrogens (tertiary/aromatic N) is 1. The van der Waals surface area contributed by atoms with Gasteiger partial charge in [0.2, 0.25) is 0 Å². The maximum atomic E-state index is 13.6. The molecule has 0 saturated heterocycles. The molecule has 2 nitrogen and oxygen atoms in total. The Morgan fingerprint density at radius 1 is 1.22 bits per heavy atom. The third-order valence-corrected chi connectivity index (χ3v) is 2.95. The van der Waals surface area contributed by atoms with E-state index in [9.17, 15) is 4.39 Å². The Morgan fingerprint density at radius 3 is 2.78 bits per heavy atom. The molecule has 2 aromatic rings. The van der Waals surface area contributed by atoms with Gasteiger partial charge in [-0.2, -0.15) is 0 Å². The Hall–Kier alpha value is -1.61. The van der Waals surface area contributed by atoms with Gasteiger partial charge in [-0.25, -0.2) is 9.37 Å². The van der Waals surface area contributed by atoms with Crippen molar-refractivity contribution in [2.24, 2.45) is 0 Å². The van der Waals surface area contributed by atoms with Gasteiger partial charge < -0.3 is 5.32 Å². The summed E-state index contributed by atoms with van der Waals surface area (Å²) < 4.78 is 13.6. The SMILES string of the molecule is Cc1ccc(F)c(CNc2cc(C)cnc2Cl)c1. The molecule has 1 heterocycles. The largest absolute Gasteiger partial charge is 0.378 e. The summed E-state index contributed by atoms with van der Waals surface area (Å²) in [6, 6.07) is 6.94. The monoisotopic (exact) mass is 264 g/mol. The van der Waals surface area contributed by atoms with Crippen molar-refractivity contribution in [2.45, 2.75) is 20.4 Å². The molecule has 18 heavy (non-hydrogen) atoms. The molecule has 0 amide bonds. The molecule has 0 aliphatic carbocycles. The first-order chi connectivity index (χ1) is 8.56. The fraction of sp³-hybridized carbons (Fsp3) is 0.214. The standard InChI is InChI=1S/C14H14ClFN2/c1-9-3-4-12(16)11(5-9)8-17-13-6-10(2)7-18-14(13)15/h3-7,17H,8H2,1-2H3. The molecule has 0 unspecified atom stereocenters. The molecule has 4 heteroatoms. The molecular formula is C14H14ClFN2. The summed E-state index contributed by atoms with van der Waals surface area (Å²) in [5, 5.41) is 3.50. The van der Waals surface area contributed by atoms with Gasteiger partial charge in [0.05, 0.1) is 5.69 Å². The van der Waals surface area contributed by atoms with Gasteiger partial charge in [0, 0.05) is 18.3 Å². The smallest absolute Gasteiger partial charge is 0.152 e. The highest BCUT2D eigenvalue weighted by molar-refractivity contribution is 6.31. The van der Waals surface area contributed by atoms with E-state index in [0.29, 0.717) is 17.3 Å². The zero-order chi connectivity index (χ0) is 13.1. The van der Waals surface area contributed by atoms with Gasteiger partial charge >= 0.3 is 0 Å². The van der Waals surface area contributed by atoms with Gasteiger partial charge in [0.25, 0.3) is 0 Å². The lowest BCUT2D eigenvalue weighted by Gasteiger charge is -2.10. The van der Waals surface area contributed by atoms with E-state index in [-0.39, 0.29) is 5.82 Å². The maximum Gasteiger partial charge on any atom is 0.152 e. The molecule has 0 radical (unpaired) electrons. The van der Waals surface area contributed by atoms with E-state index >= 15 is 0 Å². The maximum absolute atomic E-state index is 13.6. The van der Waals surface area contributed by atoms with Crippen LogP contribution in [0.4, 0.5) is 10.1 Å². The fourth-order valence-corrected chi connectivity index (χ4v) is 1.88. The van der Waals surface area contributed by atoms with E-state index in [1.54, 1.807) is 12.3 Å². The van der Waals surface area contributed by atoms with Gasteiger partial charge in [-0.1, -0.05) is 29.3 Å². The van der Waals surface area contributed by atoms with Crippen LogP contribution in [-0.2, 0) is 6.54 Å². The van der Waals surface area contributed by atoms with E-state index < -0.39 is 0 Å². The third-order valence-electron chi connectivity index (χ3n) is 2.65. The lowest BCUT2D eigenvalue weighted by molar-refractivity contribution is 0.612. The Balaban J connectivity index is 2.16. The molecule has 0 atom stereocenters. The van der Waals surface area contributed by atoms with Crippen molar-refractivity contribution >= 4 is 17.3 Å². The molecule has 1 aromatic carbocycles. The van der Waals surface area contributed by atoms with Crippen molar-refractivity contribution in [3.8, 4) is 0 Å². The minimum Gasteiger partial charge on any atom is -0.378 e. The van der Waals surface area contributed by atoms with Crippen LogP contribution in [0.25, 0.3) is 0 Å². The molecule has 94 valence electrons. The number of aromatic nitrogens is 1. The van der Waals surface area contributed by atoms with E-state index in [2.05, 4.69) is 10.3 Å². The number of nitrogens with one attached hydrogen (secondary N) is 1. The molecule has 1 aromatic heterocycles. The summed E-state index contributed by atoms with van der Waals surface area (Å²) in [5.41, 5.74) is 3.37. The Bertz CT molecular complexity index is 518. The second-order valence-corrected chi connectivity index (χ2v) is 4.66. The predicted molar refractivity (Wildman–Crippen MR) is 72.4 cm³/mol. The number of benzene rings is 1. The van der Waals surface area contributed by atoms with Crippen LogP contribution >= 0.6 is 11.6 Å². The number of hydrogen-bond acceptors (Lipinski definition) is 2. The highest BCUT2D eigenvalue weighted by atomic mass is 35.5. The first-order valence-electron chi connectivity index (χ1n) is 5.67. The lowest BCUT2D eigenvalue weighted by Crippen LogP contribution is -2.03. The molecule has 0 bridgehead atoms. The van der Waals surface area contributed by atoms with Gasteiger partial charge in [-0.05, 0) is 31.5 Å². The molecule has 0 fully saturated rings. The Morgan fingerprint density at radius 2 is 2.00 bits per heavy atom. The number of rotatable bonds is 3. The molecule has 0 aliphatic heterocycles. The Labute approximate surface area is 111 Å². The van der Waals surface area contributed by atoms with Crippen molar-refractivity contribution < 1.29 is 4.39 Å². The second kappa shape index (κ2) is 5.36. The van der Waals surface area contributed by atoms with E-state index in [0.717, 1.165) is 16.8 Å². The second-order valence-electron chi connectivity index (χ2n) is 4.30. The van der Waals surface area contributed by atoms with Crippen LogP contribution in [0.5, 0.6) is 0 Å². The normalized spacial score (nSPS) is 10.4. The van der Waals surface area contributed by atoms with Crippen LogP contribution < -0.4 is 5.32 Å². The predicted octanol–water partition coefficient (Wildman–Crippen LogP) is 4.10. The molecule has 1 N–H and O–H groups in total. The summed E-state index contributed by atoms with van der Waals surface area (Å²) in [5.74, 6) is -0.218. The zero-order valence-electron chi connectivity index (χ0n) is 10.3. The van der Waals surface area contributed by atoms with Crippen molar-refractivity contribution in [2.75, 3.05) is 5.32 Å². The highest BCUT2D eigenvalue weighted by Crippen LogP contribution is 2.21. The van der Waals surface area contributed by atoms with E-state index in [1.165, 1.54) is 6.07 Å². The van der Waals surface area contributed by atoms with Crippen molar-refractivity contribution in [1.29, 1.82) is 0 Å². The topological polar surface area (TPSA) is 24.9 Å². The van der Waals surface area contributed by atoms with Crippen LogP contribution in [0.1, 0.15) is 16.7 Å². The third kappa shape index (κ3) is 2.99. The Kier molecular flexibility index (Phi) is 3.82. The fourth-order valence-electron chi connectivity index (χ4n) is 1.71. The average Bonchev–Trinajstić information content (AvgIpc) is 2.34. The minimum absolute atomic E-state index is 0.218. The minimum atomic E-state index is -0.218. The van der Waals surface area contributed by atoms with Crippen LogP contribution in [-0.4, -0.2) is 4.98 Å². The van der Waals surface area contributed by atoms with Gasteiger partial charge in [0.1, 0.15) is 5.82 Å². The van der Waals surface area contributed by atoms with Crippen molar-refractivity contribution in [1.82, 2.24) is 4.98 Å². The molecule has 0 saturated carbocycles. The van der Waals surface area contributed by atoms with Crippen LogP contribution in [0.3, 0.4) is 0 Å². The first kappa shape index (κ1) is 12.8. The molecule has 0 spiro atoms. The van der Waals surface area contributed by atoms with E-state index in [4.69, 9.17) is 11.6 Å². The summed E-state index contributed by atoms with van der Waals surface area (Å²) in [4.78, 5) is 4.04. The number of hydrogen-bond donors (Lipinski definition) is 1. The summed E-state index contributed by atoms with van der Waals surface area (Å²) in [6.45, 7) is 4.25. The quantitative estimate of drug-likeness (QED) is 0.844. The highest BCUT2D eigenvalue weighted by Gasteiger charge is 2.05. The lowest BCUT2D eigenvalue weighted by atomic mass is 10.1. The zero-order valence-corrected chi connectivity index (χ0v) is 11.1. The number of halogens is 2. The van der Waals surface area contributed by atoms with Crippen LogP contribution in [0.15, 0.2) is 30.5 Å². The van der Waals surface area contributed by atoms with Crippen LogP contribution in [0.2, 0.25) is 5.15 Å². The number of aryl methyl sites for hydroxylation is 2.